The molecule has 0 unspecified atom stereocenters. The Balaban J connectivity index is 2.49. The molecule has 3 nitrogen and oxygen atoms in total. The minimum Gasteiger partial charge on any atom is -0.454 e. The smallest absolute Gasteiger partial charge is 0.164 e. The van der Waals surface area contributed by atoms with Crippen molar-refractivity contribution in [3.63, 3.8) is 0 Å². The van der Waals surface area contributed by atoms with E-state index in [1.807, 2.05) is 13.8 Å². The van der Waals surface area contributed by atoms with Crippen molar-refractivity contribution in [3.05, 3.63) is 51.0 Å². The lowest BCUT2D eigenvalue weighted by Gasteiger charge is -2.14. The second-order valence-corrected chi connectivity index (χ2v) is 5.28. The highest BCUT2D eigenvalue weighted by atomic mass is 35.5. The summed E-state index contributed by atoms with van der Waals surface area (Å²) in [6.07, 6.45) is 0. The van der Waals surface area contributed by atoms with Gasteiger partial charge in [-0.15, -0.1) is 0 Å². The van der Waals surface area contributed by atoms with Crippen molar-refractivity contribution < 1.29 is 4.74 Å². The van der Waals surface area contributed by atoms with Crippen LogP contribution in [-0.2, 0) is 0 Å². The summed E-state index contributed by atoms with van der Waals surface area (Å²) in [6, 6.07) is 8.77. The summed E-state index contributed by atoms with van der Waals surface area (Å²) in [7, 11) is 0. The molecule has 0 amide bonds. The maximum Gasteiger partial charge on any atom is 0.164 e. The van der Waals surface area contributed by atoms with Crippen LogP contribution in [0.3, 0.4) is 0 Å². The average Bonchev–Trinajstić information content (AvgIpc) is 2.35. The van der Waals surface area contributed by atoms with Gasteiger partial charge in [0, 0.05) is 5.69 Å². The van der Waals surface area contributed by atoms with Gasteiger partial charge in [-0.25, -0.2) is 0 Å². The van der Waals surface area contributed by atoms with Crippen LogP contribution < -0.4 is 10.5 Å². The van der Waals surface area contributed by atoms with E-state index >= 15 is 0 Å². The number of anilines is 1. The summed E-state index contributed by atoms with van der Waals surface area (Å²) in [5.41, 5.74) is 8.39. The number of benzene rings is 2. The van der Waals surface area contributed by atoms with E-state index in [9.17, 15) is 0 Å². The van der Waals surface area contributed by atoms with Gasteiger partial charge in [0.2, 0.25) is 0 Å². The first-order valence-corrected chi connectivity index (χ1v) is 6.61. The third-order valence-corrected chi connectivity index (χ3v) is 3.38. The molecule has 20 heavy (non-hydrogen) atoms. The topological polar surface area (TPSA) is 59.0 Å². The fraction of sp³-hybridized carbons (Fsp3) is 0.133. The lowest BCUT2D eigenvalue weighted by Crippen LogP contribution is -1.95. The molecule has 0 fully saturated rings. The number of hydrogen-bond acceptors (Lipinski definition) is 3. The fourth-order valence-electron chi connectivity index (χ4n) is 1.95. The molecule has 0 aliphatic heterocycles. The molecular weight excluding hydrogens is 295 g/mol. The molecule has 2 aromatic carbocycles. The minimum atomic E-state index is 0.346. The van der Waals surface area contributed by atoms with Crippen LogP contribution in [0, 0.1) is 25.2 Å². The fourth-order valence-corrected chi connectivity index (χ4v) is 2.54. The highest BCUT2D eigenvalue weighted by Crippen LogP contribution is 2.40. The standard InChI is InChI=1S/C15H12Cl2N2O/c1-8-3-10(7-18)4-9(2)14(8)20-15-12(16)5-11(19)6-13(15)17/h3-6H,19H2,1-2H3. The molecule has 0 aromatic heterocycles. The Morgan fingerprint density at radius 1 is 1.00 bits per heavy atom. The first kappa shape index (κ1) is 14.5. The zero-order valence-electron chi connectivity index (χ0n) is 11.0. The number of nitrogen functional groups attached to an aromatic ring is 1. The van der Waals surface area contributed by atoms with Crippen LogP contribution in [0.25, 0.3) is 0 Å². The number of nitrogens with zero attached hydrogens (tertiary/aromatic N) is 1. The maximum absolute atomic E-state index is 8.94. The molecule has 0 radical (unpaired) electrons. The summed E-state index contributed by atoms with van der Waals surface area (Å²) in [4.78, 5) is 0. The molecule has 0 saturated heterocycles. The first-order valence-electron chi connectivity index (χ1n) is 5.86. The third kappa shape index (κ3) is 2.82. The SMILES string of the molecule is Cc1cc(C#N)cc(C)c1Oc1c(Cl)cc(N)cc1Cl. The molecule has 2 rings (SSSR count). The predicted octanol–water partition coefficient (Wildman–Crippen LogP) is 4.86. The van der Waals surface area contributed by atoms with Gasteiger partial charge in [-0.2, -0.15) is 5.26 Å². The highest BCUT2D eigenvalue weighted by Gasteiger charge is 2.13. The number of hydrogen-bond donors (Lipinski definition) is 1. The second-order valence-electron chi connectivity index (χ2n) is 4.47. The molecule has 5 heteroatoms. The van der Waals surface area contributed by atoms with Gasteiger partial charge in [-0.05, 0) is 49.2 Å². The van der Waals surface area contributed by atoms with Gasteiger partial charge in [0.15, 0.2) is 5.75 Å². The normalized spacial score (nSPS) is 10.2. The summed E-state index contributed by atoms with van der Waals surface area (Å²) >= 11 is 12.2. The minimum absolute atomic E-state index is 0.346. The van der Waals surface area contributed by atoms with Crippen molar-refractivity contribution in [2.24, 2.45) is 0 Å². The molecule has 0 spiro atoms. The lowest BCUT2D eigenvalue weighted by molar-refractivity contribution is 0.475. The van der Waals surface area contributed by atoms with Crippen LogP contribution in [0.2, 0.25) is 10.0 Å². The molecule has 2 N–H and O–H groups in total. The van der Waals surface area contributed by atoms with Crippen LogP contribution >= 0.6 is 23.2 Å². The lowest BCUT2D eigenvalue weighted by atomic mass is 10.1. The molecule has 0 bridgehead atoms. The van der Waals surface area contributed by atoms with E-state index in [0.717, 1.165) is 11.1 Å². The third-order valence-electron chi connectivity index (χ3n) is 2.81. The average molecular weight is 307 g/mol. The van der Waals surface area contributed by atoms with Crippen molar-refractivity contribution in [3.8, 4) is 17.6 Å². The second kappa shape index (κ2) is 5.62. The first-order chi connectivity index (χ1) is 9.42. The summed E-state index contributed by atoms with van der Waals surface area (Å²) in [6.45, 7) is 3.73. The molecular formula is C15H12Cl2N2O. The maximum atomic E-state index is 8.94. The number of ether oxygens (including phenoxy) is 1. The van der Waals surface area contributed by atoms with Gasteiger partial charge in [0.05, 0.1) is 21.7 Å². The number of rotatable bonds is 2. The summed E-state index contributed by atoms with van der Waals surface area (Å²) in [5, 5.41) is 9.63. The van der Waals surface area contributed by atoms with E-state index < -0.39 is 0 Å². The Hall–Kier alpha value is -1.89. The highest BCUT2D eigenvalue weighted by molar-refractivity contribution is 6.37. The van der Waals surface area contributed by atoms with Crippen LogP contribution in [0.4, 0.5) is 5.69 Å². The van der Waals surface area contributed by atoms with E-state index in [1.165, 1.54) is 0 Å². The Morgan fingerprint density at radius 3 is 1.95 bits per heavy atom. The molecule has 0 aliphatic rings. The van der Waals surface area contributed by atoms with Gasteiger partial charge in [0.25, 0.3) is 0 Å². The Kier molecular flexibility index (Phi) is 4.08. The predicted molar refractivity (Wildman–Crippen MR) is 81.6 cm³/mol. The van der Waals surface area contributed by atoms with E-state index in [1.54, 1.807) is 24.3 Å². The zero-order valence-corrected chi connectivity index (χ0v) is 12.5. The monoisotopic (exact) mass is 306 g/mol. The van der Waals surface area contributed by atoms with E-state index in [2.05, 4.69) is 6.07 Å². The zero-order chi connectivity index (χ0) is 14.9. The summed E-state index contributed by atoms with van der Waals surface area (Å²) in [5.74, 6) is 0.996. The molecule has 2 aromatic rings. The Morgan fingerprint density at radius 2 is 1.50 bits per heavy atom. The van der Waals surface area contributed by atoms with Gasteiger partial charge in [-0.1, -0.05) is 23.2 Å². The number of aryl methyl sites for hydroxylation is 2. The Labute approximate surface area is 127 Å². The quantitative estimate of drug-likeness (QED) is 0.806. The number of nitriles is 1. The summed E-state index contributed by atoms with van der Waals surface area (Å²) < 4.78 is 5.83. The molecule has 102 valence electrons. The van der Waals surface area contributed by atoms with Gasteiger partial charge in [0.1, 0.15) is 5.75 Å². The van der Waals surface area contributed by atoms with E-state index in [0.29, 0.717) is 32.8 Å². The van der Waals surface area contributed by atoms with Crippen molar-refractivity contribution in [2.75, 3.05) is 5.73 Å². The largest absolute Gasteiger partial charge is 0.454 e. The number of nitrogens with two attached hydrogens (primary N) is 1. The molecule has 0 heterocycles. The van der Waals surface area contributed by atoms with Crippen molar-refractivity contribution in [1.82, 2.24) is 0 Å². The number of halogens is 2. The van der Waals surface area contributed by atoms with E-state index in [4.69, 9.17) is 38.9 Å². The van der Waals surface area contributed by atoms with Gasteiger partial charge < -0.3 is 10.5 Å². The Bertz CT molecular complexity index is 674. The van der Waals surface area contributed by atoms with Gasteiger partial charge >= 0.3 is 0 Å². The van der Waals surface area contributed by atoms with Crippen LogP contribution in [-0.4, -0.2) is 0 Å². The van der Waals surface area contributed by atoms with Crippen LogP contribution in [0.15, 0.2) is 24.3 Å². The van der Waals surface area contributed by atoms with Crippen molar-refractivity contribution in [1.29, 1.82) is 5.26 Å². The van der Waals surface area contributed by atoms with Gasteiger partial charge in [-0.3, -0.25) is 0 Å². The van der Waals surface area contributed by atoms with Crippen LogP contribution in [0.5, 0.6) is 11.5 Å². The molecule has 0 atom stereocenters. The van der Waals surface area contributed by atoms with Crippen molar-refractivity contribution in [2.45, 2.75) is 13.8 Å². The van der Waals surface area contributed by atoms with Crippen molar-refractivity contribution >= 4 is 28.9 Å². The van der Waals surface area contributed by atoms with E-state index in [-0.39, 0.29) is 0 Å². The molecule has 0 aliphatic carbocycles. The van der Waals surface area contributed by atoms with Crippen LogP contribution in [0.1, 0.15) is 16.7 Å². The molecule has 0 saturated carbocycles.